The van der Waals surface area contributed by atoms with E-state index in [0.717, 1.165) is 12.8 Å². The predicted molar refractivity (Wildman–Crippen MR) is 68.7 cm³/mol. The van der Waals surface area contributed by atoms with Gasteiger partial charge in [0.2, 0.25) is 5.91 Å². The predicted octanol–water partition coefficient (Wildman–Crippen LogP) is 0.935. The fourth-order valence-electron chi connectivity index (χ4n) is 1.54. The summed E-state index contributed by atoms with van der Waals surface area (Å²) >= 11 is 0. The van der Waals surface area contributed by atoms with Crippen LogP contribution in [0.3, 0.4) is 0 Å². The van der Waals surface area contributed by atoms with Crippen LogP contribution in [0.1, 0.15) is 18.4 Å². The number of carbonyl (C=O) groups is 1. The number of amides is 1. The van der Waals surface area contributed by atoms with Crippen LogP contribution < -0.4 is 11.1 Å². The minimum absolute atomic E-state index is 0.0392. The summed E-state index contributed by atoms with van der Waals surface area (Å²) in [6, 6.07) is 4.58. The summed E-state index contributed by atoms with van der Waals surface area (Å²) < 4.78 is 24.9. The molecule has 1 atom stereocenters. The smallest absolute Gasteiger partial charge is 0.232 e. The highest BCUT2D eigenvalue weighted by Gasteiger charge is 2.23. The molecule has 6 heteroatoms. The molecule has 0 radical (unpaired) electrons. The SMILES string of the molecule is Nc1ccc(CS(=O)CC(=O)NC2CC2)cc1F. The molecule has 18 heavy (non-hydrogen) atoms. The third-order valence-electron chi connectivity index (χ3n) is 2.63. The molecule has 1 aromatic carbocycles. The van der Waals surface area contributed by atoms with Crippen molar-refractivity contribution >= 4 is 22.4 Å². The number of nitrogen functional groups attached to an aromatic ring is 1. The van der Waals surface area contributed by atoms with E-state index in [4.69, 9.17) is 5.73 Å². The molecule has 1 amide bonds. The van der Waals surface area contributed by atoms with Crippen LogP contribution in [0, 0.1) is 5.82 Å². The summed E-state index contributed by atoms with van der Waals surface area (Å²) in [5, 5.41) is 2.76. The molecule has 2 rings (SSSR count). The molecule has 3 N–H and O–H groups in total. The van der Waals surface area contributed by atoms with Crippen molar-refractivity contribution in [2.24, 2.45) is 0 Å². The molecule has 98 valence electrons. The van der Waals surface area contributed by atoms with Crippen molar-refractivity contribution in [1.82, 2.24) is 5.32 Å². The number of nitrogens with one attached hydrogen (secondary N) is 1. The van der Waals surface area contributed by atoms with Crippen molar-refractivity contribution in [3.8, 4) is 0 Å². The first-order valence-corrected chi connectivity index (χ1v) is 7.21. The van der Waals surface area contributed by atoms with E-state index < -0.39 is 16.6 Å². The molecule has 1 unspecified atom stereocenters. The Balaban J connectivity index is 1.85. The van der Waals surface area contributed by atoms with Crippen LogP contribution in [0.2, 0.25) is 0 Å². The zero-order chi connectivity index (χ0) is 13.1. The van der Waals surface area contributed by atoms with E-state index in [1.165, 1.54) is 12.1 Å². The number of anilines is 1. The van der Waals surface area contributed by atoms with Crippen LogP contribution in [0.25, 0.3) is 0 Å². The molecule has 1 fully saturated rings. The van der Waals surface area contributed by atoms with Gasteiger partial charge in [-0.25, -0.2) is 4.39 Å². The van der Waals surface area contributed by atoms with Crippen molar-refractivity contribution in [3.05, 3.63) is 29.6 Å². The van der Waals surface area contributed by atoms with Crippen molar-refractivity contribution in [2.45, 2.75) is 24.6 Å². The van der Waals surface area contributed by atoms with Crippen LogP contribution >= 0.6 is 0 Å². The number of halogens is 1. The van der Waals surface area contributed by atoms with Crippen molar-refractivity contribution < 1.29 is 13.4 Å². The Morgan fingerprint density at radius 2 is 2.22 bits per heavy atom. The Kier molecular flexibility index (Phi) is 3.96. The highest BCUT2D eigenvalue weighted by atomic mass is 32.2. The molecular formula is C12H15FN2O2S. The molecule has 0 saturated heterocycles. The zero-order valence-corrected chi connectivity index (χ0v) is 10.6. The van der Waals surface area contributed by atoms with E-state index in [1.807, 2.05) is 0 Å². The van der Waals surface area contributed by atoms with Crippen LogP contribution in [0.15, 0.2) is 18.2 Å². The second kappa shape index (κ2) is 5.48. The van der Waals surface area contributed by atoms with Crippen LogP contribution in [-0.2, 0) is 21.3 Å². The molecule has 0 heterocycles. The van der Waals surface area contributed by atoms with E-state index in [1.54, 1.807) is 6.07 Å². The van der Waals surface area contributed by atoms with Crippen molar-refractivity contribution in [3.63, 3.8) is 0 Å². The summed E-state index contributed by atoms with van der Waals surface area (Å²) in [7, 11) is -1.32. The quantitative estimate of drug-likeness (QED) is 0.782. The molecular weight excluding hydrogens is 255 g/mol. The third-order valence-corrected chi connectivity index (χ3v) is 3.87. The maximum absolute atomic E-state index is 13.2. The Morgan fingerprint density at radius 3 is 2.83 bits per heavy atom. The Bertz CT molecular complexity index is 489. The van der Waals surface area contributed by atoms with Gasteiger partial charge in [-0.3, -0.25) is 9.00 Å². The summed E-state index contributed by atoms with van der Waals surface area (Å²) in [6.07, 6.45) is 2.00. The van der Waals surface area contributed by atoms with E-state index >= 15 is 0 Å². The first-order chi connectivity index (χ1) is 8.54. The normalized spacial score (nSPS) is 16.3. The molecule has 0 spiro atoms. The average Bonchev–Trinajstić information content (AvgIpc) is 3.07. The fraction of sp³-hybridized carbons (Fsp3) is 0.417. The summed E-state index contributed by atoms with van der Waals surface area (Å²) in [5.74, 6) is -0.601. The Morgan fingerprint density at radius 1 is 1.50 bits per heavy atom. The van der Waals surface area contributed by atoms with Gasteiger partial charge in [0.15, 0.2) is 0 Å². The van der Waals surface area contributed by atoms with Crippen LogP contribution in [0.4, 0.5) is 10.1 Å². The van der Waals surface area contributed by atoms with Crippen molar-refractivity contribution in [2.75, 3.05) is 11.5 Å². The second-order valence-corrected chi connectivity index (χ2v) is 5.88. The van der Waals surface area contributed by atoms with Gasteiger partial charge in [-0.2, -0.15) is 0 Å². The van der Waals surface area contributed by atoms with Gasteiger partial charge >= 0.3 is 0 Å². The molecule has 0 aliphatic heterocycles. The first kappa shape index (κ1) is 13.0. The minimum atomic E-state index is -1.32. The lowest BCUT2D eigenvalue weighted by Gasteiger charge is -2.05. The van der Waals surface area contributed by atoms with Gasteiger partial charge in [0.25, 0.3) is 0 Å². The van der Waals surface area contributed by atoms with E-state index in [-0.39, 0.29) is 29.1 Å². The van der Waals surface area contributed by atoms with Gasteiger partial charge < -0.3 is 11.1 Å². The number of hydrogen-bond acceptors (Lipinski definition) is 3. The molecule has 0 bridgehead atoms. The average molecular weight is 270 g/mol. The van der Waals surface area contributed by atoms with Gasteiger partial charge in [-0.1, -0.05) is 6.07 Å². The number of benzene rings is 1. The largest absolute Gasteiger partial charge is 0.396 e. The molecule has 4 nitrogen and oxygen atoms in total. The molecule has 1 aromatic rings. The van der Waals surface area contributed by atoms with Gasteiger partial charge in [0.1, 0.15) is 11.6 Å². The highest BCUT2D eigenvalue weighted by Crippen LogP contribution is 2.18. The Hall–Kier alpha value is -1.43. The summed E-state index contributed by atoms with van der Waals surface area (Å²) in [4.78, 5) is 11.4. The zero-order valence-electron chi connectivity index (χ0n) is 9.82. The van der Waals surface area contributed by atoms with Gasteiger partial charge in [-0.05, 0) is 30.5 Å². The molecule has 0 aromatic heterocycles. The van der Waals surface area contributed by atoms with E-state index in [9.17, 15) is 13.4 Å². The number of rotatable bonds is 5. The second-order valence-electron chi connectivity index (χ2n) is 4.43. The van der Waals surface area contributed by atoms with E-state index in [0.29, 0.717) is 5.56 Å². The lowest BCUT2D eigenvalue weighted by Crippen LogP contribution is -2.30. The van der Waals surface area contributed by atoms with Gasteiger partial charge in [0.05, 0.1) is 5.69 Å². The topological polar surface area (TPSA) is 72.2 Å². The highest BCUT2D eigenvalue weighted by molar-refractivity contribution is 7.84. The first-order valence-electron chi connectivity index (χ1n) is 5.73. The van der Waals surface area contributed by atoms with Crippen molar-refractivity contribution in [1.29, 1.82) is 0 Å². The summed E-state index contributed by atoms with van der Waals surface area (Å²) in [6.45, 7) is 0. The molecule has 1 aliphatic carbocycles. The van der Waals surface area contributed by atoms with Gasteiger partial charge in [0, 0.05) is 22.6 Å². The monoisotopic (exact) mass is 270 g/mol. The van der Waals surface area contributed by atoms with E-state index in [2.05, 4.69) is 5.32 Å². The minimum Gasteiger partial charge on any atom is -0.396 e. The maximum atomic E-state index is 13.2. The Labute approximate surface area is 107 Å². The third kappa shape index (κ3) is 3.80. The molecule has 1 saturated carbocycles. The molecule has 1 aliphatic rings. The maximum Gasteiger partial charge on any atom is 0.232 e. The summed E-state index contributed by atoms with van der Waals surface area (Å²) in [5.41, 5.74) is 6.00. The lowest BCUT2D eigenvalue weighted by molar-refractivity contribution is -0.118. The van der Waals surface area contributed by atoms with Crippen LogP contribution in [-0.4, -0.2) is 21.9 Å². The number of hydrogen-bond donors (Lipinski definition) is 2. The number of carbonyl (C=O) groups excluding carboxylic acids is 1. The lowest BCUT2D eigenvalue weighted by atomic mass is 10.2. The van der Waals surface area contributed by atoms with Crippen LogP contribution in [0.5, 0.6) is 0 Å². The van der Waals surface area contributed by atoms with Gasteiger partial charge in [-0.15, -0.1) is 0 Å². The standard InChI is InChI=1S/C12H15FN2O2S/c13-10-5-8(1-4-11(10)14)6-18(17)7-12(16)15-9-2-3-9/h1,4-5,9H,2-3,6-7,14H2,(H,15,16). The number of nitrogens with two attached hydrogens (primary N) is 1. The fourth-order valence-corrected chi connectivity index (χ4v) is 2.57.